The van der Waals surface area contributed by atoms with Crippen LogP contribution in [0.5, 0.6) is 11.5 Å². The first kappa shape index (κ1) is 18.3. The Hall–Kier alpha value is -3.00. The van der Waals surface area contributed by atoms with Crippen LogP contribution in [0.15, 0.2) is 36.4 Å². The van der Waals surface area contributed by atoms with Gasteiger partial charge in [-0.25, -0.2) is 0 Å². The monoisotopic (exact) mass is 338 g/mol. The number of nitriles is 1. The fourth-order valence-corrected chi connectivity index (χ4v) is 2.73. The molecule has 0 fully saturated rings. The van der Waals surface area contributed by atoms with Crippen LogP contribution in [0.2, 0.25) is 0 Å². The number of rotatable bonds is 6. The summed E-state index contributed by atoms with van der Waals surface area (Å²) in [5, 5.41) is 12.3. The van der Waals surface area contributed by atoms with E-state index >= 15 is 0 Å². The number of amides is 1. The topological polar surface area (TPSA) is 71.3 Å². The molecular formula is C20H22N2O3. The molecule has 1 amide bonds. The number of benzene rings is 2. The van der Waals surface area contributed by atoms with Gasteiger partial charge in [0.05, 0.1) is 20.3 Å². The van der Waals surface area contributed by atoms with Gasteiger partial charge in [0.25, 0.3) is 0 Å². The number of nitrogens with zero attached hydrogens (tertiary/aromatic N) is 1. The van der Waals surface area contributed by atoms with Crippen LogP contribution in [0.25, 0.3) is 0 Å². The highest BCUT2D eigenvalue weighted by Gasteiger charge is 2.21. The molecule has 5 heteroatoms. The minimum Gasteiger partial charge on any atom is -0.497 e. The molecule has 0 unspecified atom stereocenters. The maximum absolute atomic E-state index is 12.5. The van der Waals surface area contributed by atoms with Crippen LogP contribution < -0.4 is 14.8 Å². The molecule has 0 saturated heterocycles. The molecule has 0 radical (unpaired) electrons. The molecular weight excluding hydrogens is 316 g/mol. The van der Waals surface area contributed by atoms with Gasteiger partial charge in [0, 0.05) is 12.1 Å². The Morgan fingerprint density at radius 2 is 1.80 bits per heavy atom. The van der Waals surface area contributed by atoms with E-state index in [4.69, 9.17) is 9.47 Å². The van der Waals surface area contributed by atoms with Gasteiger partial charge >= 0.3 is 0 Å². The van der Waals surface area contributed by atoms with E-state index in [2.05, 4.69) is 11.4 Å². The van der Waals surface area contributed by atoms with E-state index in [1.165, 1.54) is 0 Å². The molecule has 25 heavy (non-hydrogen) atoms. The summed E-state index contributed by atoms with van der Waals surface area (Å²) in [6.45, 7) is 3.93. The Balaban J connectivity index is 2.19. The van der Waals surface area contributed by atoms with Crippen molar-refractivity contribution in [3.63, 3.8) is 0 Å². The highest BCUT2D eigenvalue weighted by atomic mass is 16.5. The number of carbonyl (C=O) groups excluding carboxylic acids is 1. The van der Waals surface area contributed by atoms with Crippen LogP contribution in [-0.4, -0.2) is 20.1 Å². The van der Waals surface area contributed by atoms with E-state index in [1.54, 1.807) is 32.4 Å². The third-order valence-corrected chi connectivity index (χ3v) is 3.87. The first-order chi connectivity index (χ1) is 12.0. The fourth-order valence-electron chi connectivity index (χ4n) is 2.73. The maximum Gasteiger partial charge on any atom is 0.242 e. The van der Waals surface area contributed by atoms with Gasteiger partial charge in [-0.2, -0.15) is 5.26 Å². The summed E-state index contributed by atoms with van der Waals surface area (Å²) >= 11 is 0. The second-order valence-corrected chi connectivity index (χ2v) is 5.93. The van der Waals surface area contributed by atoms with E-state index in [-0.39, 0.29) is 12.3 Å². The van der Waals surface area contributed by atoms with Gasteiger partial charge < -0.3 is 14.8 Å². The fraction of sp³-hybridized carbons (Fsp3) is 0.300. The average molecular weight is 338 g/mol. The van der Waals surface area contributed by atoms with E-state index in [0.717, 1.165) is 16.7 Å². The zero-order valence-electron chi connectivity index (χ0n) is 14.9. The molecule has 0 saturated carbocycles. The molecule has 0 spiro atoms. The molecule has 0 heterocycles. The van der Waals surface area contributed by atoms with Crippen LogP contribution in [0.3, 0.4) is 0 Å². The second-order valence-electron chi connectivity index (χ2n) is 5.93. The molecule has 0 aliphatic carbocycles. The van der Waals surface area contributed by atoms with Crippen LogP contribution in [-0.2, 0) is 11.2 Å². The molecule has 0 bridgehead atoms. The number of anilines is 1. The van der Waals surface area contributed by atoms with E-state index < -0.39 is 5.92 Å². The van der Waals surface area contributed by atoms with Gasteiger partial charge in [0.1, 0.15) is 17.4 Å². The van der Waals surface area contributed by atoms with Gasteiger partial charge in [-0.05, 0) is 60.9 Å². The molecule has 0 aliphatic rings. The summed E-state index contributed by atoms with van der Waals surface area (Å²) in [7, 11) is 3.13. The lowest BCUT2D eigenvalue weighted by atomic mass is 9.98. The van der Waals surface area contributed by atoms with Crippen LogP contribution >= 0.6 is 0 Å². The SMILES string of the molecule is COc1ccc(OC)c(C[C@H](C#N)C(=O)Nc2cc(C)cc(C)c2)c1. The predicted octanol–water partition coefficient (Wildman–Crippen LogP) is 3.64. The quantitative estimate of drug-likeness (QED) is 0.873. The van der Waals surface area contributed by atoms with Gasteiger partial charge in [-0.15, -0.1) is 0 Å². The maximum atomic E-state index is 12.5. The molecule has 130 valence electrons. The summed E-state index contributed by atoms with van der Waals surface area (Å²) < 4.78 is 10.5. The Kier molecular flexibility index (Phi) is 6.02. The lowest BCUT2D eigenvalue weighted by Crippen LogP contribution is -2.23. The Labute approximate surface area is 148 Å². The molecule has 2 aromatic carbocycles. The zero-order chi connectivity index (χ0) is 18.4. The lowest BCUT2D eigenvalue weighted by molar-refractivity contribution is -0.118. The van der Waals surface area contributed by atoms with Crippen molar-refractivity contribution in [1.82, 2.24) is 0 Å². The summed E-state index contributed by atoms with van der Waals surface area (Å²) in [5.74, 6) is 0.113. The van der Waals surface area contributed by atoms with Crippen molar-refractivity contribution in [1.29, 1.82) is 5.26 Å². The van der Waals surface area contributed by atoms with Crippen molar-refractivity contribution in [3.05, 3.63) is 53.1 Å². The Bertz CT molecular complexity index is 789. The molecule has 1 N–H and O–H groups in total. The van der Waals surface area contributed by atoms with Crippen LogP contribution in [0.1, 0.15) is 16.7 Å². The number of hydrogen-bond acceptors (Lipinski definition) is 4. The van der Waals surface area contributed by atoms with Gasteiger partial charge in [0.15, 0.2) is 0 Å². The van der Waals surface area contributed by atoms with Gasteiger partial charge in [-0.1, -0.05) is 6.07 Å². The summed E-state index contributed by atoms with van der Waals surface area (Å²) in [6.07, 6.45) is 0.244. The number of nitrogens with one attached hydrogen (secondary N) is 1. The molecule has 0 aromatic heterocycles. The highest BCUT2D eigenvalue weighted by Crippen LogP contribution is 2.27. The van der Waals surface area contributed by atoms with E-state index in [9.17, 15) is 10.1 Å². The minimum absolute atomic E-state index is 0.244. The normalized spacial score (nSPS) is 11.3. The minimum atomic E-state index is -0.832. The molecule has 2 rings (SSSR count). The van der Waals surface area contributed by atoms with E-state index in [1.807, 2.05) is 32.0 Å². The molecule has 1 atom stereocenters. The van der Waals surface area contributed by atoms with Crippen LogP contribution in [0.4, 0.5) is 5.69 Å². The third-order valence-electron chi connectivity index (χ3n) is 3.87. The number of aryl methyl sites for hydroxylation is 2. The Morgan fingerprint density at radius 3 is 2.36 bits per heavy atom. The predicted molar refractivity (Wildman–Crippen MR) is 96.9 cm³/mol. The first-order valence-corrected chi connectivity index (χ1v) is 7.96. The highest BCUT2D eigenvalue weighted by molar-refractivity contribution is 5.94. The molecule has 2 aromatic rings. The molecule has 5 nitrogen and oxygen atoms in total. The van der Waals surface area contributed by atoms with Crippen molar-refractivity contribution < 1.29 is 14.3 Å². The zero-order valence-corrected chi connectivity index (χ0v) is 14.9. The summed E-state index contributed by atoms with van der Waals surface area (Å²) in [5.41, 5.74) is 3.56. The average Bonchev–Trinajstić information content (AvgIpc) is 2.58. The van der Waals surface area contributed by atoms with Gasteiger partial charge in [0.2, 0.25) is 5.91 Å². The van der Waals surface area contributed by atoms with Gasteiger partial charge in [-0.3, -0.25) is 4.79 Å². The van der Waals surface area contributed by atoms with Crippen molar-refractivity contribution in [2.45, 2.75) is 20.3 Å². The van der Waals surface area contributed by atoms with Crippen molar-refractivity contribution in [3.8, 4) is 17.6 Å². The lowest BCUT2D eigenvalue weighted by Gasteiger charge is -2.14. The number of methoxy groups -OCH3 is 2. The van der Waals surface area contributed by atoms with E-state index in [0.29, 0.717) is 17.2 Å². The number of ether oxygens (including phenoxy) is 2. The summed E-state index contributed by atoms with van der Waals surface area (Å²) in [6, 6.07) is 13.2. The number of hydrogen-bond donors (Lipinski definition) is 1. The second kappa shape index (κ2) is 8.20. The van der Waals surface area contributed by atoms with Crippen molar-refractivity contribution in [2.24, 2.45) is 5.92 Å². The first-order valence-electron chi connectivity index (χ1n) is 7.96. The third kappa shape index (κ3) is 4.74. The van der Waals surface area contributed by atoms with Crippen molar-refractivity contribution >= 4 is 11.6 Å². The largest absolute Gasteiger partial charge is 0.497 e. The Morgan fingerprint density at radius 1 is 1.12 bits per heavy atom. The smallest absolute Gasteiger partial charge is 0.242 e. The van der Waals surface area contributed by atoms with Crippen LogP contribution in [0, 0.1) is 31.1 Å². The molecule has 0 aliphatic heterocycles. The van der Waals surface area contributed by atoms with Crippen molar-refractivity contribution in [2.75, 3.05) is 19.5 Å². The standard InChI is InChI=1S/C20H22N2O3/c1-13-7-14(2)9-17(8-13)22-20(23)16(12-21)10-15-11-18(24-3)5-6-19(15)25-4/h5-9,11,16H,10H2,1-4H3,(H,22,23)/t16-/m1/s1. The summed E-state index contributed by atoms with van der Waals surface area (Å²) in [4.78, 5) is 12.5. The number of carbonyl (C=O) groups is 1.